The highest BCUT2D eigenvalue weighted by atomic mass is 16.6. The summed E-state index contributed by atoms with van der Waals surface area (Å²) in [5.74, 6) is 0.573. The van der Waals surface area contributed by atoms with Gasteiger partial charge in [-0.25, -0.2) is 14.8 Å². The molecule has 1 N–H and O–H groups in total. The SMILES string of the molecule is O=C(OCc1ccccn1)N1CC(Nc2ncccn2)C1. The third-order valence-electron chi connectivity index (χ3n) is 3.11. The lowest BCUT2D eigenvalue weighted by molar-refractivity contribution is 0.0695. The zero-order valence-electron chi connectivity index (χ0n) is 11.3. The number of likely N-dealkylation sites (tertiary alicyclic amines) is 1. The van der Waals surface area contributed by atoms with E-state index in [1.165, 1.54) is 0 Å². The van der Waals surface area contributed by atoms with Gasteiger partial charge >= 0.3 is 6.09 Å². The predicted molar refractivity (Wildman–Crippen MR) is 75.4 cm³/mol. The molecule has 1 aliphatic heterocycles. The van der Waals surface area contributed by atoms with Crippen LogP contribution in [0.3, 0.4) is 0 Å². The van der Waals surface area contributed by atoms with Crippen molar-refractivity contribution in [3.8, 4) is 0 Å². The molecule has 3 rings (SSSR count). The Bertz CT molecular complexity index is 587. The second-order valence-electron chi connectivity index (χ2n) is 4.69. The van der Waals surface area contributed by atoms with Crippen molar-refractivity contribution in [2.75, 3.05) is 18.4 Å². The minimum Gasteiger partial charge on any atom is -0.443 e. The number of ether oxygens (including phenoxy) is 1. The van der Waals surface area contributed by atoms with E-state index in [0.717, 1.165) is 5.69 Å². The normalized spacial score (nSPS) is 14.4. The molecule has 0 bridgehead atoms. The van der Waals surface area contributed by atoms with Crippen LogP contribution in [0.4, 0.5) is 10.7 Å². The van der Waals surface area contributed by atoms with Crippen LogP contribution in [0, 0.1) is 0 Å². The van der Waals surface area contributed by atoms with Crippen LogP contribution < -0.4 is 5.32 Å². The van der Waals surface area contributed by atoms with Gasteiger partial charge in [-0.05, 0) is 18.2 Å². The summed E-state index contributed by atoms with van der Waals surface area (Å²) in [4.78, 5) is 25.7. The Morgan fingerprint density at radius 2 is 1.95 bits per heavy atom. The van der Waals surface area contributed by atoms with Gasteiger partial charge in [-0.3, -0.25) is 4.98 Å². The summed E-state index contributed by atoms with van der Waals surface area (Å²) in [6, 6.07) is 7.42. The second kappa shape index (κ2) is 6.17. The van der Waals surface area contributed by atoms with Crippen LogP contribution in [0.25, 0.3) is 0 Å². The van der Waals surface area contributed by atoms with Crippen LogP contribution in [0.5, 0.6) is 0 Å². The minimum atomic E-state index is -0.326. The van der Waals surface area contributed by atoms with Gasteiger partial charge in [0.05, 0.1) is 11.7 Å². The van der Waals surface area contributed by atoms with Crippen LogP contribution in [-0.4, -0.2) is 45.1 Å². The Labute approximate surface area is 122 Å². The Hall–Kier alpha value is -2.70. The topological polar surface area (TPSA) is 80.2 Å². The van der Waals surface area contributed by atoms with Crippen LogP contribution in [0.15, 0.2) is 42.9 Å². The highest BCUT2D eigenvalue weighted by molar-refractivity contribution is 5.69. The molecule has 0 spiro atoms. The van der Waals surface area contributed by atoms with E-state index in [2.05, 4.69) is 20.3 Å². The van der Waals surface area contributed by atoms with E-state index in [1.807, 2.05) is 18.2 Å². The van der Waals surface area contributed by atoms with Crippen molar-refractivity contribution in [2.45, 2.75) is 12.6 Å². The number of carbonyl (C=O) groups is 1. The van der Waals surface area contributed by atoms with Crippen molar-refractivity contribution in [3.63, 3.8) is 0 Å². The van der Waals surface area contributed by atoms with Gasteiger partial charge in [-0.2, -0.15) is 0 Å². The minimum absolute atomic E-state index is 0.162. The molecule has 0 aliphatic carbocycles. The standard InChI is InChI=1S/C14H15N5O2/c20-14(21-10-11-4-1-2-5-15-11)19-8-12(9-19)18-13-16-6-3-7-17-13/h1-7,12H,8-10H2,(H,16,17,18). The first kappa shape index (κ1) is 13.3. The third kappa shape index (κ3) is 3.44. The van der Waals surface area contributed by atoms with Crippen molar-refractivity contribution >= 4 is 12.0 Å². The highest BCUT2D eigenvalue weighted by Crippen LogP contribution is 2.13. The lowest BCUT2D eigenvalue weighted by Gasteiger charge is -2.38. The van der Waals surface area contributed by atoms with Gasteiger partial charge in [-0.1, -0.05) is 6.07 Å². The molecule has 0 saturated carbocycles. The third-order valence-corrected chi connectivity index (χ3v) is 3.11. The number of rotatable bonds is 4. The molecule has 21 heavy (non-hydrogen) atoms. The van der Waals surface area contributed by atoms with E-state index in [4.69, 9.17) is 4.74 Å². The fourth-order valence-electron chi connectivity index (χ4n) is 1.99. The number of hydrogen-bond donors (Lipinski definition) is 1. The highest BCUT2D eigenvalue weighted by Gasteiger charge is 2.32. The maximum Gasteiger partial charge on any atom is 0.410 e. The molecule has 3 heterocycles. The molecule has 0 aromatic carbocycles. The number of anilines is 1. The summed E-state index contributed by atoms with van der Waals surface area (Å²) in [5, 5.41) is 3.15. The van der Waals surface area contributed by atoms with Crippen LogP contribution >= 0.6 is 0 Å². The molecule has 1 aliphatic rings. The van der Waals surface area contributed by atoms with Crippen molar-refractivity contribution < 1.29 is 9.53 Å². The van der Waals surface area contributed by atoms with E-state index in [9.17, 15) is 4.79 Å². The summed E-state index contributed by atoms with van der Waals surface area (Å²) in [7, 11) is 0. The number of amides is 1. The molecule has 0 atom stereocenters. The molecule has 1 fully saturated rings. The molecule has 2 aromatic heterocycles. The van der Waals surface area contributed by atoms with Crippen molar-refractivity contribution in [1.29, 1.82) is 0 Å². The first-order valence-electron chi connectivity index (χ1n) is 6.66. The van der Waals surface area contributed by atoms with Crippen molar-refractivity contribution in [1.82, 2.24) is 19.9 Å². The number of nitrogens with zero attached hydrogens (tertiary/aromatic N) is 4. The first-order chi connectivity index (χ1) is 10.3. The largest absolute Gasteiger partial charge is 0.443 e. The van der Waals surface area contributed by atoms with E-state index < -0.39 is 0 Å². The summed E-state index contributed by atoms with van der Waals surface area (Å²) in [6.45, 7) is 1.36. The van der Waals surface area contributed by atoms with Crippen molar-refractivity contribution in [2.24, 2.45) is 0 Å². The van der Waals surface area contributed by atoms with Gasteiger partial charge in [0.1, 0.15) is 6.61 Å². The zero-order chi connectivity index (χ0) is 14.5. The van der Waals surface area contributed by atoms with Gasteiger partial charge in [0, 0.05) is 31.7 Å². The van der Waals surface area contributed by atoms with Gasteiger partial charge in [0.15, 0.2) is 0 Å². The summed E-state index contributed by atoms with van der Waals surface area (Å²) in [6.07, 6.45) is 4.69. The summed E-state index contributed by atoms with van der Waals surface area (Å²) < 4.78 is 5.20. The number of nitrogens with one attached hydrogen (secondary N) is 1. The number of carbonyl (C=O) groups excluding carboxylic acids is 1. The smallest absolute Gasteiger partial charge is 0.410 e. The maximum absolute atomic E-state index is 11.8. The molecule has 1 saturated heterocycles. The van der Waals surface area contributed by atoms with Gasteiger partial charge in [0.25, 0.3) is 0 Å². The molecule has 7 nitrogen and oxygen atoms in total. The molecular weight excluding hydrogens is 270 g/mol. The van der Waals surface area contributed by atoms with Gasteiger partial charge in [0.2, 0.25) is 5.95 Å². The average Bonchev–Trinajstić information content (AvgIpc) is 2.50. The Balaban J connectivity index is 1.40. The van der Waals surface area contributed by atoms with E-state index in [0.29, 0.717) is 19.0 Å². The maximum atomic E-state index is 11.8. The van der Waals surface area contributed by atoms with Crippen LogP contribution in [0.2, 0.25) is 0 Å². The lowest BCUT2D eigenvalue weighted by atomic mass is 10.1. The molecule has 1 amide bonds. The van der Waals surface area contributed by atoms with E-state index >= 15 is 0 Å². The Kier molecular flexibility index (Phi) is 3.90. The first-order valence-corrected chi connectivity index (χ1v) is 6.66. The summed E-state index contributed by atoms with van der Waals surface area (Å²) >= 11 is 0. The Morgan fingerprint density at radius 1 is 1.19 bits per heavy atom. The van der Waals surface area contributed by atoms with E-state index in [1.54, 1.807) is 29.6 Å². The van der Waals surface area contributed by atoms with Gasteiger partial charge in [-0.15, -0.1) is 0 Å². The number of hydrogen-bond acceptors (Lipinski definition) is 6. The van der Waals surface area contributed by atoms with Crippen molar-refractivity contribution in [3.05, 3.63) is 48.5 Å². The molecule has 2 aromatic rings. The summed E-state index contributed by atoms with van der Waals surface area (Å²) in [5.41, 5.74) is 0.735. The molecular formula is C14H15N5O2. The monoisotopic (exact) mass is 285 g/mol. The number of pyridine rings is 1. The van der Waals surface area contributed by atoms with E-state index in [-0.39, 0.29) is 18.7 Å². The molecule has 0 radical (unpaired) electrons. The van der Waals surface area contributed by atoms with Crippen LogP contribution in [-0.2, 0) is 11.3 Å². The molecule has 7 heteroatoms. The fraction of sp³-hybridized carbons (Fsp3) is 0.286. The average molecular weight is 285 g/mol. The van der Waals surface area contributed by atoms with Gasteiger partial charge < -0.3 is 15.0 Å². The number of aromatic nitrogens is 3. The second-order valence-corrected chi connectivity index (χ2v) is 4.69. The fourth-order valence-corrected chi connectivity index (χ4v) is 1.99. The quantitative estimate of drug-likeness (QED) is 0.912. The zero-order valence-corrected chi connectivity index (χ0v) is 11.3. The molecule has 108 valence electrons. The lowest BCUT2D eigenvalue weighted by Crippen LogP contribution is -2.57. The molecule has 0 unspecified atom stereocenters. The Morgan fingerprint density at radius 3 is 2.67 bits per heavy atom. The van der Waals surface area contributed by atoms with Crippen LogP contribution in [0.1, 0.15) is 5.69 Å². The predicted octanol–water partition coefficient (Wildman–Crippen LogP) is 1.30.